The summed E-state index contributed by atoms with van der Waals surface area (Å²) < 4.78 is 5.46. The number of morpholine rings is 1. The van der Waals surface area contributed by atoms with Crippen LogP contribution in [0.1, 0.15) is 0 Å². The van der Waals surface area contributed by atoms with Crippen molar-refractivity contribution in [2.24, 2.45) is 0 Å². The Labute approximate surface area is 152 Å². The first-order valence-corrected chi connectivity index (χ1v) is 9.40. The van der Waals surface area contributed by atoms with Gasteiger partial charge in [0.2, 0.25) is 0 Å². The summed E-state index contributed by atoms with van der Waals surface area (Å²) in [5.74, 6) is 1.10. The molecule has 2 aromatic heterocycles. The van der Waals surface area contributed by atoms with Crippen LogP contribution in [0.15, 0.2) is 48.5 Å². The number of benzene rings is 2. The quantitative estimate of drug-likeness (QED) is 0.525. The number of aromatic nitrogens is 2. The van der Waals surface area contributed by atoms with Crippen LogP contribution < -0.4 is 15.2 Å². The van der Waals surface area contributed by atoms with Crippen molar-refractivity contribution in [1.82, 2.24) is 4.98 Å². The minimum absolute atomic E-state index is 0.879. The molecule has 0 atom stereocenters. The van der Waals surface area contributed by atoms with E-state index < -0.39 is 0 Å². The molecule has 5 rings (SSSR count). The van der Waals surface area contributed by atoms with Crippen LogP contribution in [-0.4, -0.2) is 44.4 Å². The lowest BCUT2D eigenvalue weighted by Crippen LogP contribution is -3.14. The first kappa shape index (κ1) is 15.6. The zero-order chi connectivity index (χ0) is 17.3. The van der Waals surface area contributed by atoms with Crippen LogP contribution in [0.2, 0.25) is 0 Å². The van der Waals surface area contributed by atoms with E-state index in [1.54, 1.807) is 4.90 Å². The number of pyridine rings is 1. The predicted molar refractivity (Wildman–Crippen MR) is 105 cm³/mol. The zero-order valence-corrected chi connectivity index (χ0v) is 14.8. The summed E-state index contributed by atoms with van der Waals surface area (Å²) in [5, 5.41) is 7.40. The molecule has 132 valence electrons. The van der Waals surface area contributed by atoms with Crippen molar-refractivity contribution in [1.29, 1.82) is 0 Å². The molecule has 5 nitrogen and oxygen atoms in total. The lowest BCUT2D eigenvalue weighted by Gasteiger charge is -2.22. The normalized spacial score (nSPS) is 15.8. The lowest BCUT2D eigenvalue weighted by molar-refractivity contribution is -0.906. The van der Waals surface area contributed by atoms with Crippen LogP contribution in [0.5, 0.6) is 0 Å². The van der Waals surface area contributed by atoms with Crippen LogP contribution in [0, 0.1) is 0 Å². The molecule has 4 aromatic rings. The maximum Gasteiger partial charge on any atom is 0.283 e. The SMILES string of the molecule is c1ccc2c(c1)[nH]c1c3ccccc3[nH+]c(NCC[NH+]3CCOCC3)c21. The number of para-hydroxylation sites is 2. The van der Waals surface area contributed by atoms with Gasteiger partial charge in [0, 0.05) is 16.3 Å². The average molecular weight is 348 g/mol. The Morgan fingerprint density at radius 1 is 1.00 bits per heavy atom. The largest absolute Gasteiger partial charge is 0.370 e. The molecule has 5 heteroatoms. The van der Waals surface area contributed by atoms with Crippen LogP contribution in [0.25, 0.3) is 32.7 Å². The van der Waals surface area contributed by atoms with E-state index in [0.717, 1.165) is 50.7 Å². The van der Waals surface area contributed by atoms with Crippen LogP contribution in [0.3, 0.4) is 0 Å². The number of fused-ring (bicyclic) bond motifs is 5. The minimum Gasteiger partial charge on any atom is -0.370 e. The molecule has 0 spiro atoms. The molecule has 0 radical (unpaired) electrons. The second-order valence-corrected chi connectivity index (χ2v) is 7.01. The van der Waals surface area contributed by atoms with Gasteiger partial charge >= 0.3 is 0 Å². The van der Waals surface area contributed by atoms with E-state index in [4.69, 9.17) is 4.74 Å². The maximum atomic E-state index is 5.46. The molecule has 2 aromatic carbocycles. The summed E-state index contributed by atoms with van der Waals surface area (Å²) >= 11 is 0. The Balaban J connectivity index is 1.56. The van der Waals surface area contributed by atoms with Gasteiger partial charge in [-0.3, -0.25) is 5.32 Å². The highest BCUT2D eigenvalue weighted by Crippen LogP contribution is 2.32. The van der Waals surface area contributed by atoms with Crippen molar-refractivity contribution in [3.8, 4) is 0 Å². The standard InChI is InChI=1S/C21H22N4O/c1-3-7-17-15(5-1)19-20(23-17)16-6-2-4-8-18(16)24-21(19)22-9-10-25-11-13-26-14-12-25/h1-8,23H,9-14H2,(H,22,24)/p+2. The van der Waals surface area contributed by atoms with Crippen molar-refractivity contribution < 1.29 is 14.6 Å². The van der Waals surface area contributed by atoms with Gasteiger partial charge in [-0.2, -0.15) is 0 Å². The number of nitrogens with one attached hydrogen (secondary N) is 4. The molecular weight excluding hydrogens is 324 g/mol. The maximum absolute atomic E-state index is 5.46. The molecule has 4 N–H and O–H groups in total. The Kier molecular flexibility index (Phi) is 3.96. The second kappa shape index (κ2) is 6.59. The Morgan fingerprint density at radius 3 is 2.65 bits per heavy atom. The molecular formula is C21H24N4O+2. The van der Waals surface area contributed by atoms with Gasteiger partial charge in [-0.05, 0) is 18.2 Å². The summed E-state index contributed by atoms with van der Waals surface area (Å²) in [4.78, 5) is 8.85. The van der Waals surface area contributed by atoms with Gasteiger partial charge in [0.25, 0.3) is 5.82 Å². The second-order valence-electron chi connectivity index (χ2n) is 7.01. The first-order valence-electron chi connectivity index (χ1n) is 9.40. The third-order valence-electron chi connectivity index (χ3n) is 5.39. The Morgan fingerprint density at radius 2 is 1.77 bits per heavy atom. The topological polar surface area (TPSA) is 55.6 Å². The van der Waals surface area contributed by atoms with E-state index in [-0.39, 0.29) is 0 Å². The fourth-order valence-electron chi connectivity index (χ4n) is 4.02. The minimum atomic E-state index is 0.879. The number of quaternary nitrogens is 1. The number of H-pyrrole nitrogens is 2. The van der Waals surface area contributed by atoms with Crippen LogP contribution in [0.4, 0.5) is 5.82 Å². The summed E-state index contributed by atoms with van der Waals surface area (Å²) in [7, 11) is 0. The van der Waals surface area contributed by atoms with Gasteiger partial charge in [-0.1, -0.05) is 30.3 Å². The van der Waals surface area contributed by atoms with Crippen molar-refractivity contribution in [2.75, 3.05) is 44.7 Å². The molecule has 1 saturated heterocycles. The van der Waals surface area contributed by atoms with Crippen molar-refractivity contribution >= 4 is 38.5 Å². The number of anilines is 1. The van der Waals surface area contributed by atoms with E-state index >= 15 is 0 Å². The Hall–Kier alpha value is -2.63. The molecule has 1 aliphatic rings. The van der Waals surface area contributed by atoms with Crippen LogP contribution in [-0.2, 0) is 4.74 Å². The van der Waals surface area contributed by atoms with Gasteiger partial charge in [-0.25, -0.2) is 4.98 Å². The average Bonchev–Trinajstić information content (AvgIpc) is 3.09. The fourth-order valence-corrected chi connectivity index (χ4v) is 4.02. The smallest absolute Gasteiger partial charge is 0.283 e. The monoisotopic (exact) mass is 348 g/mol. The lowest BCUT2D eigenvalue weighted by atomic mass is 10.1. The van der Waals surface area contributed by atoms with Gasteiger partial charge in [-0.15, -0.1) is 0 Å². The summed E-state index contributed by atoms with van der Waals surface area (Å²) in [6, 6.07) is 17.0. The molecule has 0 amide bonds. The molecule has 0 unspecified atom stereocenters. The van der Waals surface area contributed by atoms with Gasteiger partial charge in [0.1, 0.15) is 31.7 Å². The highest BCUT2D eigenvalue weighted by Gasteiger charge is 2.19. The first-order chi connectivity index (χ1) is 12.9. The number of aromatic amines is 2. The number of ether oxygens (including phenoxy) is 1. The number of hydrogen-bond acceptors (Lipinski definition) is 2. The molecule has 26 heavy (non-hydrogen) atoms. The molecule has 1 fully saturated rings. The highest BCUT2D eigenvalue weighted by molar-refractivity contribution is 6.18. The molecule has 0 aliphatic carbocycles. The fraction of sp³-hybridized carbons (Fsp3) is 0.286. The molecule has 0 bridgehead atoms. The zero-order valence-electron chi connectivity index (χ0n) is 14.8. The van der Waals surface area contributed by atoms with E-state index in [1.165, 1.54) is 27.2 Å². The number of rotatable bonds is 4. The van der Waals surface area contributed by atoms with E-state index in [2.05, 4.69) is 63.8 Å². The molecule has 1 aliphatic heterocycles. The number of hydrogen-bond donors (Lipinski definition) is 3. The molecule has 3 heterocycles. The van der Waals surface area contributed by atoms with Gasteiger partial charge in [0.05, 0.1) is 24.1 Å². The van der Waals surface area contributed by atoms with Crippen molar-refractivity contribution in [3.05, 3.63) is 48.5 Å². The summed E-state index contributed by atoms with van der Waals surface area (Å²) in [6.07, 6.45) is 0. The van der Waals surface area contributed by atoms with Crippen molar-refractivity contribution in [3.63, 3.8) is 0 Å². The molecule has 0 saturated carbocycles. The van der Waals surface area contributed by atoms with E-state index in [9.17, 15) is 0 Å². The highest BCUT2D eigenvalue weighted by atomic mass is 16.5. The predicted octanol–water partition coefficient (Wildman–Crippen LogP) is 1.62. The Bertz CT molecular complexity index is 1070. The third-order valence-corrected chi connectivity index (χ3v) is 5.39. The van der Waals surface area contributed by atoms with E-state index in [0.29, 0.717) is 0 Å². The summed E-state index contributed by atoms with van der Waals surface area (Å²) in [6.45, 7) is 6.01. The van der Waals surface area contributed by atoms with Crippen LogP contribution >= 0.6 is 0 Å². The third kappa shape index (κ3) is 2.69. The van der Waals surface area contributed by atoms with Crippen molar-refractivity contribution in [2.45, 2.75) is 0 Å². The van der Waals surface area contributed by atoms with E-state index in [1.807, 2.05) is 0 Å². The van der Waals surface area contributed by atoms with Gasteiger partial charge in [0.15, 0.2) is 0 Å². The summed E-state index contributed by atoms with van der Waals surface area (Å²) in [5.41, 5.74) is 3.52. The van der Waals surface area contributed by atoms with Gasteiger partial charge < -0.3 is 14.6 Å².